The topological polar surface area (TPSA) is 69.0 Å². The molecule has 0 aliphatic carbocycles. The van der Waals surface area contributed by atoms with E-state index >= 15 is 0 Å². The highest BCUT2D eigenvalue weighted by Crippen LogP contribution is 2.18. The van der Waals surface area contributed by atoms with Gasteiger partial charge in [0, 0.05) is 31.2 Å². The first-order chi connectivity index (χ1) is 12.0. The number of ether oxygens (including phenoxy) is 1. The lowest BCUT2D eigenvalue weighted by Crippen LogP contribution is -2.46. The molecular weight excluding hydrogens is 316 g/mol. The van der Waals surface area contributed by atoms with Crippen LogP contribution in [0.1, 0.15) is 19.4 Å². The first-order valence-electron chi connectivity index (χ1n) is 8.02. The van der Waals surface area contributed by atoms with Gasteiger partial charge in [0.05, 0.1) is 5.69 Å². The van der Waals surface area contributed by atoms with E-state index in [1.807, 2.05) is 42.5 Å². The fourth-order valence-corrected chi connectivity index (χ4v) is 2.29. The van der Waals surface area contributed by atoms with E-state index in [1.165, 1.54) is 0 Å². The number of para-hydroxylation sites is 1. The third-order valence-electron chi connectivity index (χ3n) is 3.69. The van der Waals surface area contributed by atoms with Crippen LogP contribution in [0.4, 0.5) is 0 Å². The molecule has 128 valence electrons. The number of hydrogen-bond acceptors (Lipinski definition) is 4. The van der Waals surface area contributed by atoms with Gasteiger partial charge in [0.1, 0.15) is 0 Å². The SMILES string of the molecule is CC(C)(Oc1ccn(-c2ccccc2)n1)C(=O)NCc1ccncc1. The second kappa shape index (κ2) is 7.17. The molecule has 0 aliphatic rings. The summed E-state index contributed by atoms with van der Waals surface area (Å²) in [4.78, 5) is 16.4. The minimum Gasteiger partial charge on any atom is -0.460 e. The molecule has 0 saturated carbocycles. The molecule has 0 atom stereocenters. The predicted octanol–water partition coefficient (Wildman–Crippen LogP) is 2.74. The second-order valence-electron chi connectivity index (χ2n) is 6.08. The highest BCUT2D eigenvalue weighted by atomic mass is 16.5. The molecule has 0 fully saturated rings. The maximum atomic E-state index is 12.4. The molecule has 2 aromatic heterocycles. The van der Waals surface area contributed by atoms with Gasteiger partial charge in [-0.15, -0.1) is 5.10 Å². The molecule has 0 spiro atoms. The molecule has 2 heterocycles. The molecule has 25 heavy (non-hydrogen) atoms. The van der Waals surface area contributed by atoms with E-state index in [9.17, 15) is 4.79 Å². The van der Waals surface area contributed by atoms with Gasteiger partial charge in [-0.3, -0.25) is 9.78 Å². The number of carbonyl (C=O) groups is 1. The summed E-state index contributed by atoms with van der Waals surface area (Å²) in [5.74, 6) is 0.187. The molecule has 0 saturated heterocycles. The van der Waals surface area contributed by atoms with Crippen molar-refractivity contribution in [1.82, 2.24) is 20.1 Å². The minimum atomic E-state index is -1.04. The van der Waals surface area contributed by atoms with E-state index in [2.05, 4.69) is 15.4 Å². The van der Waals surface area contributed by atoms with Crippen molar-refractivity contribution in [2.24, 2.45) is 0 Å². The van der Waals surface area contributed by atoms with Crippen LogP contribution in [0.5, 0.6) is 5.88 Å². The molecule has 3 rings (SSSR count). The number of aromatic nitrogens is 3. The van der Waals surface area contributed by atoms with Gasteiger partial charge in [-0.05, 0) is 43.7 Å². The number of pyridine rings is 1. The molecule has 6 heteroatoms. The van der Waals surface area contributed by atoms with Crippen molar-refractivity contribution in [2.45, 2.75) is 26.0 Å². The van der Waals surface area contributed by atoms with Crippen LogP contribution in [-0.4, -0.2) is 26.3 Å². The Morgan fingerprint density at radius 3 is 2.56 bits per heavy atom. The molecule has 1 aromatic carbocycles. The number of nitrogens with zero attached hydrogens (tertiary/aromatic N) is 3. The highest BCUT2D eigenvalue weighted by molar-refractivity contribution is 5.84. The van der Waals surface area contributed by atoms with Crippen LogP contribution in [0.2, 0.25) is 0 Å². The minimum absolute atomic E-state index is 0.210. The highest BCUT2D eigenvalue weighted by Gasteiger charge is 2.30. The maximum Gasteiger partial charge on any atom is 0.263 e. The lowest BCUT2D eigenvalue weighted by molar-refractivity contribution is -0.134. The molecular formula is C19H20N4O2. The number of nitrogens with one attached hydrogen (secondary N) is 1. The van der Waals surface area contributed by atoms with Crippen LogP contribution >= 0.6 is 0 Å². The monoisotopic (exact) mass is 336 g/mol. The quantitative estimate of drug-likeness (QED) is 0.751. The summed E-state index contributed by atoms with van der Waals surface area (Å²) >= 11 is 0. The Hall–Kier alpha value is -3.15. The fraction of sp³-hybridized carbons (Fsp3) is 0.211. The molecule has 0 bridgehead atoms. The van der Waals surface area contributed by atoms with Crippen LogP contribution in [0.15, 0.2) is 67.1 Å². The maximum absolute atomic E-state index is 12.4. The van der Waals surface area contributed by atoms with Gasteiger partial charge in [-0.25, -0.2) is 4.68 Å². The molecule has 0 unspecified atom stereocenters. The largest absolute Gasteiger partial charge is 0.460 e. The summed E-state index contributed by atoms with van der Waals surface area (Å²) in [6.45, 7) is 3.86. The van der Waals surface area contributed by atoms with Gasteiger partial charge >= 0.3 is 0 Å². The first-order valence-corrected chi connectivity index (χ1v) is 8.02. The van der Waals surface area contributed by atoms with Gasteiger partial charge in [0.25, 0.3) is 5.91 Å². The predicted molar refractivity (Wildman–Crippen MR) is 94.4 cm³/mol. The second-order valence-corrected chi connectivity index (χ2v) is 6.08. The third-order valence-corrected chi connectivity index (χ3v) is 3.69. The summed E-state index contributed by atoms with van der Waals surface area (Å²) < 4.78 is 7.51. The van der Waals surface area contributed by atoms with Crippen LogP contribution in [0, 0.1) is 0 Å². The molecule has 0 radical (unpaired) electrons. The summed E-state index contributed by atoms with van der Waals surface area (Å²) in [6.07, 6.45) is 5.19. The van der Waals surface area contributed by atoms with Crippen LogP contribution in [0.25, 0.3) is 5.69 Å². The Bertz CT molecular complexity index is 829. The Kier molecular flexibility index (Phi) is 4.79. The number of benzene rings is 1. The van der Waals surface area contributed by atoms with E-state index in [0.717, 1.165) is 11.3 Å². The lowest BCUT2D eigenvalue weighted by Gasteiger charge is -2.23. The average molecular weight is 336 g/mol. The van der Waals surface area contributed by atoms with Crippen LogP contribution < -0.4 is 10.1 Å². The van der Waals surface area contributed by atoms with Crippen molar-refractivity contribution in [2.75, 3.05) is 0 Å². The van der Waals surface area contributed by atoms with Crippen molar-refractivity contribution < 1.29 is 9.53 Å². The Morgan fingerprint density at radius 1 is 1.12 bits per heavy atom. The fourth-order valence-electron chi connectivity index (χ4n) is 2.29. The van der Waals surface area contributed by atoms with Gasteiger partial charge < -0.3 is 10.1 Å². The Labute approximate surface area is 146 Å². The Morgan fingerprint density at radius 2 is 1.84 bits per heavy atom. The number of amides is 1. The summed E-state index contributed by atoms with van der Waals surface area (Å²) in [7, 11) is 0. The molecule has 1 N–H and O–H groups in total. The summed E-state index contributed by atoms with van der Waals surface area (Å²) in [6, 6.07) is 15.2. The zero-order chi connectivity index (χ0) is 17.7. The number of rotatable bonds is 6. The van der Waals surface area contributed by atoms with E-state index in [0.29, 0.717) is 12.4 Å². The first kappa shape index (κ1) is 16.7. The lowest BCUT2D eigenvalue weighted by atomic mass is 10.1. The molecule has 3 aromatic rings. The van der Waals surface area contributed by atoms with Crippen molar-refractivity contribution in [3.05, 3.63) is 72.7 Å². The third kappa shape index (κ3) is 4.23. The molecule has 6 nitrogen and oxygen atoms in total. The van der Waals surface area contributed by atoms with Crippen molar-refractivity contribution in [3.8, 4) is 11.6 Å². The molecule has 0 aliphatic heterocycles. The van der Waals surface area contributed by atoms with Crippen molar-refractivity contribution >= 4 is 5.91 Å². The summed E-state index contributed by atoms with van der Waals surface area (Å²) in [5.41, 5.74) is 0.868. The standard InChI is InChI=1S/C19H20N4O2/c1-19(2,18(24)21-14-15-8-11-20-12-9-15)25-17-10-13-23(22-17)16-6-4-3-5-7-16/h3-13H,14H2,1-2H3,(H,21,24). The number of hydrogen-bond donors (Lipinski definition) is 1. The van der Waals surface area contributed by atoms with E-state index < -0.39 is 5.60 Å². The van der Waals surface area contributed by atoms with Gasteiger partial charge in [0.2, 0.25) is 5.88 Å². The van der Waals surface area contributed by atoms with E-state index in [4.69, 9.17) is 4.74 Å². The number of carbonyl (C=O) groups excluding carboxylic acids is 1. The van der Waals surface area contributed by atoms with E-state index in [-0.39, 0.29) is 5.91 Å². The zero-order valence-corrected chi connectivity index (χ0v) is 14.2. The average Bonchev–Trinajstić information content (AvgIpc) is 3.09. The van der Waals surface area contributed by atoms with Gasteiger partial charge in [-0.1, -0.05) is 18.2 Å². The normalized spacial score (nSPS) is 11.1. The zero-order valence-electron chi connectivity index (χ0n) is 14.2. The van der Waals surface area contributed by atoms with Gasteiger partial charge in [-0.2, -0.15) is 0 Å². The van der Waals surface area contributed by atoms with E-state index in [1.54, 1.807) is 43.2 Å². The molecule has 1 amide bonds. The van der Waals surface area contributed by atoms with Crippen LogP contribution in [-0.2, 0) is 11.3 Å². The van der Waals surface area contributed by atoms with Crippen molar-refractivity contribution in [1.29, 1.82) is 0 Å². The van der Waals surface area contributed by atoms with Crippen molar-refractivity contribution in [3.63, 3.8) is 0 Å². The van der Waals surface area contributed by atoms with Gasteiger partial charge in [0.15, 0.2) is 5.60 Å². The smallest absolute Gasteiger partial charge is 0.263 e. The van der Waals surface area contributed by atoms with Crippen LogP contribution in [0.3, 0.4) is 0 Å². The Balaban J connectivity index is 1.63. The summed E-state index contributed by atoms with van der Waals surface area (Å²) in [5, 5.41) is 7.24.